The van der Waals surface area contributed by atoms with Crippen LogP contribution >= 0.6 is 35.1 Å². The topological polar surface area (TPSA) is 63.6 Å². The molecule has 2 heterocycles. The van der Waals surface area contributed by atoms with Crippen molar-refractivity contribution < 1.29 is 13.2 Å². The van der Waals surface area contributed by atoms with Gasteiger partial charge < -0.3 is 5.73 Å². The molecule has 0 amide bonds. The number of pyridine rings is 1. The molecule has 1 saturated carbocycles. The number of nitrogens with two attached hydrogens (primary N) is 1. The van der Waals surface area contributed by atoms with Crippen LogP contribution < -0.4 is 5.73 Å². The van der Waals surface area contributed by atoms with Gasteiger partial charge in [-0.3, -0.25) is 4.99 Å². The van der Waals surface area contributed by atoms with Crippen molar-refractivity contribution in [3.05, 3.63) is 59.3 Å². The first-order valence-electron chi connectivity index (χ1n) is 11.5. The molecule has 188 valence electrons. The fraction of sp³-hybridized carbons (Fsp3) is 0.400. The van der Waals surface area contributed by atoms with Crippen LogP contribution in [0.5, 0.6) is 0 Å². The molecule has 2 aromatic rings. The van der Waals surface area contributed by atoms with Gasteiger partial charge in [0.05, 0.1) is 10.8 Å². The van der Waals surface area contributed by atoms with Crippen molar-refractivity contribution in [1.29, 1.82) is 0 Å². The Bertz CT molecular complexity index is 1100. The summed E-state index contributed by atoms with van der Waals surface area (Å²) >= 11 is 7.77. The minimum absolute atomic E-state index is 0.0406. The number of rotatable bonds is 7. The highest BCUT2D eigenvalue weighted by molar-refractivity contribution is 8.00. The Kier molecular flexibility index (Phi) is 9.72. The van der Waals surface area contributed by atoms with Gasteiger partial charge in [-0.25, -0.2) is 9.98 Å². The SMILES string of the molecule is CC.CCSC1C=C(c2ccc(C3CC3)cc2)C=NC1/N=C(\Cl)c1cnc(SC(F)(F)F)cc1N. The van der Waals surface area contributed by atoms with Gasteiger partial charge in [-0.2, -0.15) is 24.9 Å². The summed E-state index contributed by atoms with van der Waals surface area (Å²) in [4.78, 5) is 12.9. The zero-order valence-corrected chi connectivity index (χ0v) is 22.1. The highest BCUT2D eigenvalue weighted by Crippen LogP contribution is 2.40. The van der Waals surface area contributed by atoms with Crippen molar-refractivity contribution in [3.8, 4) is 0 Å². The Balaban J connectivity index is 0.00000167. The summed E-state index contributed by atoms with van der Waals surface area (Å²) in [6.45, 7) is 6.06. The summed E-state index contributed by atoms with van der Waals surface area (Å²) in [5.41, 5.74) is 5.37. The van der Waals surface area contributed by atoms with Crippen molar-refractivity contribution in [2.45, 2.75) is 61.5 Å². The van der Waals surface area contributed by atoms with Gasteiger partial charge in [-0.15, -0.1) is 0 Å². The van der Waals surface area contributed by atoms with Crippen LogP contribution in [0.15, 0.2) is 57.6 Å². The number of thioether (sulfide) groups is 2. The number of benzene rings is 1. The van der Waals surface area contributed by atoms with Gasteiger partial charge in [0.25, 0.3) is 0 Å². The largest absolute Gasteiger partial charge is 0.447 e. The molecule has 1 fully saturated rings. The molecule has 4 rings (SSSR count). The van der Waals surface area contributed by atoms with Gasteiger partial charge in [0.15, 0.2) is 6.17 Å². The van der Waals surface area contributed by atoms with E-state index >= 15 is 0 Å². The standard InChI is InChI=1S/C23H22ClF3N4S2.C2H6/c1-2-32-19-9-16(15-7-5-14(6-8-15)13-3-4-13)11-30-22(19)31-21(24)17-12-29-20(10-18(17)28)33-23(25,26)27;1-2/h5-13,19,22H,2-4H2,1H3,(H2,28,29);1-2H3/b31-21-;. The van der Waals surface area contributed by atoms with E-state index in [0.717, 1.165) is 23.0 Å². The number of dihydropyridines is 1. The normalized spacial score (nSPS) is 20.2. The van der Waals surface area contributed by atoms with Crippen LogP contribution in [-0.2, 0) is 0 Å². The average Bonchev–Trinajstić information content (AvgIpc) is 3.66. The molecule has 0 bridgehead atoms. The molecule has 0 radical (unpaired) electrons. The van der Waals surface area contributed by atoms with Crippen LogP contribution in [0.4, 0.5) is 18.9 Å². The highest BCUT2D eigenvalue weighted by Gasteiger charge is 2.30. The molecule has 2 unspecified atom stereocenters. The van der Waals surface area contributed by atoms with Crippen LogP contribution in [0.2, 0.25) is 0 Å². The second-order valence-electron chi connectivity index (χ2n) is 7.71. The minimum atomic E-state index is -4.44. The average molecular weight is 541 g/mol. The monoisotopic (exact) mass is 540 g/mol. The molecule has 1 aromatic carbocycles. The summed E-state index contributed by atoms with van der Waals surface area (Å²) in [5, 5.41) is -0.220. The van der Waals surface area contributed by atoms with Crippen molar-refractivity contribution in [2.24, 2.45) is 9.98 Å². The zero-order chi connectivity index (χ0) is 25.6. The third-order valence-electron chi connectivity index (χ3n) is 5.25. The minimum Gasteiger partial charge on any atom is -0.398 e. The maximum absolute atomic E-state index is 12.6. The second kappa shape index (κ2) is 12.3. The first-order valence-corrected chi connectivity index (χ1v) is 13.7. The number of nitrogen functional groups attached to an aromatic ring is 1. The van der Waals surface area contributed by atoms with Crippen LogP contribution in [0.3, 0.4) is 0 Å². The van der Waals surface area contributed by atoms with E-state index in [1.54, 1.807) is 18.0 Å². The molecule has 0 spiro atoms. The number of hydrogen-bond acceptors (Lipinski definition) is 6. The molecule has 10 heteroatoms. The zero-order valence-electron chi connectivity index (χ0n) is 19.7. The Morgan fingerprint density at radius 3 is 2.46 bits per heavy atom. The van der Waals surface area contributed by atoms with Crippen molar-refractivity contribution in [2.75, 3.05) is 11.5 Å². The molecule has 0 saturated heterocycles. The smallest absolute Gasteiger partial charge is 0.398 e. The van der Waals surface area contributed by atoms with Crippen molar-refractivity contribution in [1.82, 2.24) is 4.98 Å². The van der Waals surface area contributed by atoms with E-state index < -0.39 is 11.7 Å². The first kappa shape index (κ1) is 27.6. The van der Waals surface area contributed by atoms with Gasteiger partial charge in [0.2, 0.25) is 0 Å². The molecule has 2 aliphatic rings. The Morgan fingerprint density at radius 2 is 1.89 bits per heavy atom. The lowest BCUT2D eigenvalue weighted by Crippen LogP contribution is -2.23. The van der Waals surface area contributed by atoms with E-state index in [9.17, 15) is 13.2 Å². The maximum Gasteiger partial charge on any atom is 0.447 e. The number of anilines is 1. The summed E-state index contributed by atoms with van der Waals surface area (Å²) in [7, 11) is 0. The van der Waals surface area contributed by atoms with E-state index in [2.05, 4.69) is 52.2 Å². The summed E-state index contributed by atoms with van der Waals surface area (Å²) in [6.07, 6.45) is 7.21. The van der Waals surface area contributed by atoms with Crippen LogP contribution in [0.1, 0.15) is 56.2 Å². The summed E-state index contributed by atoms with van der Waals surface area (Å²) in [6, 6.07) is 9.77. The van der Waals surface area contributed by atoms with E-state index in [-0.39, 0.29) is 38.5 Å². The van der Waals surface area contributed by atoms with Gasteiger partial charge in [0.1, 0.15) is 10.2 Å². The number of hydrogen-bond donors (Lipinski definition) is 1. The lowest BCUT2D eigenvalue weighted by atomic mass is 10.0. The Hall–Kier alpha value is -1.97. The lowest BCUT2D eigenvalue weighted by molar-refractivity contribution is -0.0329. The van der Waals surface area contributed by atoms with E-state index in [1.165, 1.54) is 24.6 Å². The fourth-order valence-electron chi connectivity index (χ4n) is 3.50. The quantitative estimate of drug-likeness (QED) is 0.287. The molecule has 1 aliphatic carbocycles. The number of alkyl halides is 3. The number of allylic oxidation sites excluding steroid dienone is 1. The molecule has 35 heavy (non-hydrogen) atoms. The number of nitrogens with zero attached hydrogens (tertiary/aromatic N) is 3. The van der Waals surface area contributed by atoms with Gasteiger partial charge in [-0.1, -0.05) is 62.7 Å². The van der Waals surface area contributed by atoms with Crippen LogP contribution in [0, 0.1) is 0 Å². The van der Waals surface area contributed by atoms with E-state index in [1.807, 2.05) is 13.8 Å². The Morgan fingerprint density at radius 1 is 1.20 bits per heavy atom. The Labute approximate surface area is 217 Å². The molecule has 2 N–H and O–H groups in total. The van der Waals surface area contributed by atoms with Crippen molar-refractivity contribution in [3.63, 3.8) is 0 Å². The van der Waals surface area contributed by atoms with Gasteiger partial charge in [-0.05, 0) is 47.3 Å². The summed E-state index contributed by atoms with van der Waals surface area (Å²) < 4.78 is 37.7. The third-order valence-corrected chi connectivity index (χ3v) is 7.32. The maximum atomic E-state index is 12.6. The van der Waals surface area contributed by atoms with Gasteiger partial charge >= 0.3 is 5.51 Å². The summed E-state index contributed by atoms with van der Waals surface area (Å²) in [5.74, 6) is 1.57. The molecule has 2 atom stereocenters. The number of aliphatic imine (C=N–C) groups is 2. The predicted molar refractivity (Wildman–Crippen MR) is 145 cm³/mol. The second-order valence-corrected chi connectivity index (χ2v) is 10.6. The fourth-order valence-corrected chi connectivity index (χ4v) is 5.22. The number of halogens is 4. The lowest BCUT2D eigenvalue weighted by Gasteiger charge is -2.22. The predicted octanol–water partition coefficient (Wildman–Crippen LogP) is 7.78. The van der Waals surface area contributed by atoms with Crippen molar-refractivity contribution >= 4 is 57.8 Å². The highest BCUT2D eigenvalue weighted by atomic mass is 35.5. The molecule has 1 aliphatic heterocycles. The molecular weight excluding hydrogens is 513 g/mol. The third kappa shape index (κ3) is 7.75. The van der Waals surface area contributed by atoms with Crippen LogP contribution in [-0.4, -0.2) is 39.0 Å². The molecule has 1 aromatic heterocycles. The van der Waals surface area contributed by atoms with E-state index in [4.69, 9.17) is 17.3 Å². The molecule has 4 nitrogen and oxygen atoms in total. The van der Waals surface area contributed by atoms with E-state index in [0.29, 0.717) is 5.92 Å². The van der Waals surface area contributed by atoms with Crippen LogP contribution in [0.25, 0.3) is 5.57 Å². The van der Waals surface area contributed by atoms with Gasteiger partial charge in [0, 0.05) is 29.9 Å². The molecular formula is C25H28ClF3N4S2. The first-order chi connectivity index (χ1) is 16.7. The number of aromatic nitrogens is 1.